The molecule has 2 rings (SSSR count). The molecule has 6 nitrogen and oxygen atoms in total. The number of methoxy groups -OCH3 is 2. The van der Waals surface area contributed by atoms with Crippen molar-refractivity contribution in [3.8, 4) is 11.5 Å². The first-order valence-electron chi connectivity index (χ1n) is 6.87. The van der Waals surface area contributed by atoms with Crippen LogP contribution in [-0.2, 0) is 11.2 Å². The SMILES string of the molecule is COc1cc(OC)cc(C(=O)Nc2ccc(CC(=O)O)cc2)c1. The van der Waals surface area contributed by atoms with Crippen molar-refractivity contribution >= 4 is 17.6 Å². The largest absolute Gasteiger partial charge is 0.497 e. The number of carbonyl (C=O) groups is 2. The van der Waals surface area contributed by atoms with Crippen molar-refractivity contribution in [2.24, 2.45) is 0 Å². The molecule has 120 valence electrons. The van der Waals surface area contributed by atoms with Crippen LogP contribution in [0.15, 0.2) is 42.5 Å². The molecule has 0 radical (unpaired) electrons. The Hall–Kier alpha value is -3.02. The zero-order valence-electron chi connectivity index (χ0n) is 12.8. The van der Waals surface area contributed by atoms with Gasteiger partial charge in [-0.2, -0.15) is 0 Å². The molecule has 0 saturated carbocycles. The number of carboxylic acid groups (broad SMARTS) is 1. The van der Waals surface area contributed by atoms with Crippen LogP contribution in [0.3, 0.4) is 0 Å². The standard InChI is InChI=1S/C17H17NO5/c1-22-14-8-12(9-15(10-14)23-2)17(21)18-13-5-3-11(4-6-13)7-16(19)20/h3-6,8-10H,7H2,1-2H3,(H,18,21)(H,19,20). The normalized spacial score (nSPS) is 10.0. The van der Waals surface area contributed by atoms with Crippen LogP contribution in [0.25, 0.3) is 0 Å². The maximum Gasteiger partial charge on any atom is 0.307 e. The lowest BCUT2D eigenvalue weighted by Crippen LogP contribution is -2.12. The van der Waals surface area contributed by atoms with Crippen LogP contribution in [-0.4, -0.2) is 31.2 Å². The van der Waals surface area contributed by atoms with E-state index in [9.17, 15) is 9.59 Å². The van der Waals surface area contributed by atoms with E-state index in [0.29, 0.717) is 28.3 Å². The Morgan fingerprint density at radius 1 is 1.00 bits per heavy atom. The predicted octanol–water partition coefficient (Wildman–Crippen LogP) is 2.58. The molecule has 1 amide bonds. The van der Waals surface area contributed by atoms with Crippen molar-refractivity contribution in [1.82, 2.24) is 0 Å². The van der Waals surface area contributed by atoms with Crippen molar-refractivity contribution in [2.45, 2.75) is 6.42 Å². The van der Waals surface area contributed by atoms with E-state index in [1.54, 1.807) is 42.5 Å². The Balaban J connectivity index is 2.13. The highest BCUT2D eigenvalue weighted by atomic mass is 16.5. The highest BCUT2D eigenvalue weighted by Gasteiger charge is 2.10. The molecule has 2 N–H and O–H groups in total. The van der Waals surface area contributed by atoms with E-state index in [2.05, 4.69) is 5.32 Å². The summed E-state index contributed by atoms with van der Waals surface area (Å²) in [6, 6.07) is 11.5. The van der Waals surface area contributed by atoms with Crippen LogP contribution in [0.1, 0.15) is 15.9 Å². The molecule has 0 heterocycles. The van der Waals surface area contributed by atoms with Crippen molar-refractivity contribution in [1.29, 1.82) is 0 Å². The van der Waals surface area contributed by atoms with Gasteiger partial charge in [0.05, 0.1) is 20.6 Å². The number of rotatable bonds is 6. The number of amides is 1. The quantitative estimate of drug-likeness (QED) is 0.856. The third kappa shape index (κ3) is 4.47. The van der Waals surface area contributed by atoms with Gasteiger partial charge in [-0.1, -0.05) is 12.1 Å². The van der Waals surface area contributed by atoms with E-state index in [4.69, 9.17) is 14.6 Å². The van der Waals surface area contributed by atoms with E-state index in [1.165, 1.54) is 14.2 Å². The van der Waals surface area contributed by atoms with E-state index in [-0.39, 0.29) is 12.3 Å². The smallest absolute Gasteiger partial charge is 0.307 e. The van der Waals surface area contributed by atoms with Crippen LogP contribution in [0.2, 0.25) is 0 Å². The lowest BCUT2D eigenvalue weighted by Gasteiger charge is -2.09. The fourth-order valence-electron chi connectivity index (χ4n) is 2.02. The van der Waals surface area contributed by atoms with Gasteiger partial charge in [-0.05, 0) is 29.8 Å². The fraction of sp³-hybridized carbons (Fsp3) is 0.176. The van der Waals surface area contributed by atoms with Gasteiger partial charge in [-0.15, -0.1) is 0 Å². The maximum atomic E-state index is 12.3. The highest BCUT2D eigenvalue weighted by molar-refractivity contribution is 6.04. The van der Waals surface area contributed by atoms with Gasteiger partial charge in [0.2, 0.25) is 0 Å². The van der Waals surface area contributed by atoms with Crippen molar-refractivity contribution in [3.05, 3.63) is 53.6 Å². The minimum Gasteiger partial charge on any atom is -0.497 e. The van der Waals surface area contributed by atoms with Gasteiger partial charge in [0.1, 0.15) is 11.5 Å². The van der Waals surface area contributed by atoms with Gasteiger partial charge in [0.15, 0.2) is 0 Å². The summed E-state index contributed by atoms with van der Waals surface area (Å²) in [7, 11) is 3.02. The summed E-state index contributed by atoms with van der Waals surface area (Å²) in [6.45, 7) is 0. The van der Waals surface area contributed by atoms with Crippen molar-refractivity contribution in [2.75, 3.05) is 19.5 Å². The Labute approximate surface area is 133 Å². The summed E-state index contributed by atoms with van der Waals surface area (Å²) >= 11 is 0. The Morgan fingerprint density at radius 3 is 2.04 bits per heavy atom. The van der Waals surface area contributed by atoms with E-state index in [1.807, 2.05) is 0 Å². The molecule has 0 fully saturated rings. The van der Waals surface area contributed by atoms with Gasteiger partial charge < -0.3 is 19.9 Å². The lowest BCUT2D eigenvalue weighted by atomic mass is 10.1. The summed E-state index contributed by atoms with van der Waals surface area (Å²) in [5.74, 6) is -0.170. The third-order valence-corrected chi connectivity index (χ3v) is 3.18. The molecule has 23 heavy (non-hydrogen) atoms. The van der Waals surface area contributed by atoms with Crippen LogP contribution >= 0.6 is 0 Å². The summed E-state index contributed by atoms with van der Waals surface area (Å²) in [4.78, 5) is 22.9. The molecule has 0 unspecified atom stereocenters. The van der Waals surface area contributed by atoms with Gasteiger partial charge in [-0.3, -0.25) is 9.59 Å². The minimum absolute atomic E-state index is 0.0543. The first-order valence-corrected chi connectivity index (χ1v) is 6.87. The van der Waals surface area contributed by atoms with Crippen molar-refractivity contribution in [3.63, 3.8) is 0 Å². The fourth-order valence-corrected chi connectivity index (χ4v) is 2.02. The average molecular weight is 315 g/mol. The first kappa shape index (κ1) is 16.4. The lowest BCUT2D eigenvalue weighted by molar-refractivity contribution is -0.136. The summed E-state index contributed by atoms with van der Waals surface area (Å²) < 4.78 is 10.3. The van der Waals surface area contributed by atoms with Gasteiger partial charge in [-0.25, -0.2) is 0 Å². The molecular weight excluding hydrogens is 298 g/mol. The number of benzene rings is 2. The Morgan fingerprint density at radius 2 is 1.57 bits per heavy atom. The molecule has 0 saturated heterocycles. The average Bonchev–Trinajstić information content (AvgIpc) is 2.55. The number of carboxylic acids is 1. The summed E-state index contributed by atoms with van der Waals surface area (Å²) in [5.41, 5.74) is 1.64. The molecule has 0 aliphatic rings. The van der Waals surface area contributed by atoms with E-state index in [0.717, 1.165) is 0 Å². The number of hydrogen-bond donors (Lipinski definition) is 2. The summed E-state index contributed by atoms with van der Waals surface area (Å²) in [6.07, 6.45) is -0.0543. The van der Waals surface area contributed by atoms with Gasteiger partial charge in [0.25, 0.3) is 5.91 Å². The van der Waals surface area contributed by atoms with E-state index >= 15 is 0 Å². The van der Waals surface area contributed by atoms with Crippen LogP contribution < -0.4 is 14.8 Å². The minimum atomic E-state index is -0.898. The second-order valence-electron chi connectivity index (χ2n) is 4.82. The van der Waals surface area contributed by atoms with Crippen LogP contribution in [0.4, 0.5) is 5.69 Å². The molecule has 0 spiro atoms. The second kappa shape index (κ2) is 7.31. The molecule has 6 heteroatoms. The number of ether oxygens (including phenoxy) is 2. The number of carbonyl (C=O) groups excluding carboxylic acids is 1. The highest BCUT2D eigenvalue weighted by Crippen LogP contribution is 2.23. The predicted molar refractivity (Wildman–Crippen MR) is 85.3 cm³/mol. The zero-order chi connectivity index (χ0) is 16.8. The second-order valence-corrected chi connectivity index (χ2v) is 4.82. The molecule has 0 aliphatic carbocycles. The monoisotopic (exact) mass is 315 g/mol. The Bertz CT molecular complexity index is 687. The van der Waals surface area contributed by atoms with E-state index < -0.39 is 5.97 Å². The molecule has 0 bridgehead atoms. The number of hydrogen-bond acceptors (Lipinski definition) is 4. The topological polar surface area (TPSA) is 84.9 Å². The number of anilines is 1. The Kier molecular flexibility index (Phi) is 5.19. The number of nitrogens with one attached hydrogen (secondary N) is 1. The third-order valence-electron chi connectivity index (χ3n) is 3.18. The number of aliphatic carboxylic acids is 1. The molecule has 0 aliphatic heterocycles. The molecule has 0 atom stereocenters. The van der Waals surface area contributed by atoms with Crippen LogP contribution in [0, 0.1) is 0 Å². The molecule has 2 aromatic rings. The zero-order valence-corrected chi connectivity index (χ0v) is 12.8. The maximum absolute atomic E-state index is 12.3. The summed E-state index contributed by atoms with van der Waals surface area (Å²) in [5, 5.41) is 11.5. The molecule has 0 aromatic heterocycles. The molecule has 2 aromatic carbocycles. The first-order chi connectivity index (χ1) is 11.0. The van der Waals surface area contributed by atoms with Gasteiger partial charge in [0, 0.05) is 17.3 Å². The molecular formula is C17H17NO5. The van der Waals surface area contributed by atoms with Gasteiger partial charge >= 0.3 is 5.97 Å². The van der Waals surface area contributed by atoms with Crippen molar-refractivity contribution < 1.29 is 24.2 Å². The van der Waals surface area contributed by atoms with Crippen LogP contribution in [0.5, 0.6) is 11.5 Å².